The van der Waals surface area contributed by atoms with E-state index in [1.807, 2.05) is 0 Å². The molecule has 0 bridgehead atoms. The number of aromatic nitrogens is 4. The van der Waals surface area contributed by atoms with Crippen LogP contribution in [0.5, 0.6) is 11.5 Å². The molecule has 1 aliphatic heterocycles. The van der Waals surface area contributed by atoms with Gasteiger partial charge in [0.1, 0.15) is 22.9 Å². The molecule has 0 radical (unpaired) electrons. The minimum atomic E-state index is -4.49. The van der Waals surface area contributed by atoms with Crippen molar-refractivity contribution in [1.29, 1.82) is 0 Å². The third-order valence-electron chi connectivity index (χ3n) is 5.97. The van der Waals surface area contributed by atoms with Gasteiger partial charge in [0.25, 0.3) is 0 Å². The van der Waals surface area contributed by atoms with Gasteiger partial charge in [0.15, 0.2) is 12.0 Å². The van der Waals surface area contributed by atoms with Crippen LogP contribution in [0.1, 0.15) is 23.4 Å². The number of hydrogen-bond acceptors (Lipinski definition) is 10. The van der Waals surface area contributed by atoms with Gasteiger partial charge in [-0.2, -0.15) is 18.3 Å². The highest BCUT2D eigenvalue weighted by Gasteiger charge is 2.31. The van der Waals surface area contributed by atoms with Crippen LogP contribution in [0.4, 0.5) is 19.0 Å². The number of nitrogen functional groups attached to an aromatic ring is 1. The van der Waals surface area contributed by atoms with E-state index in [1.54, 1.807) is 38.4 Å². The number of anilines is 1. The summed E-state index contributed by atoms with van der Waals surface area (Å²) in [5.74, 6) is 1.09. The summed E-state index contributed by atoms with van der Waals surface area (Å²) in [4.78, 5) is 15.0. The van der Waals surface area contributed by atoms with Crippen molar-refractivity contribution in [3.05, 3.63) is 53.7 Å². The van der Waals surface area contributed by atoms with Gasteiger partial charge in [0.05, 0.1) is 56.6 Å². The summed E-state index contributed by atoms with van der Waals surface area (Å²) in [6.07, 6.45) is -4.11. The van der Waals surface area contributed by atoms with Crippen LogP contribution in [0, 0.1) is 6.92 Å². The van der Waals surface area contributed by atoms with E-state index >= 15 is 0 Å². The molecule has 0 fully saturated rings. The number of halogens is 3. The van der Waals surface area contributed by atoms with Crippen LogP contribution in [-0.4, -0.2) is 80.3 Å². The van der Waals surface area contributed by atoms with Gasteiger partial charge in [-0.3, -0.25) is 4.68 Å². The van der Waals surface area contributed by atoms with Crippen LogP contribution in [0.15, 0.2) is 41.8 Å². The molecule has 1 aliphatic rings. The number of nitrogens with zero attached hydrogens (tertiary/aromatic N) is 6. The van der Waals surface area contributed by atoms with Crippen molar-refractivity contribution in [1.82, 2.24) is 24.6 Å². The predicted octanol–water partition coefficient (Wildman–Crippen LogP) is 2.61. The largest absolute Gasteiger partial charge is 0.497 e. The average molecular weight is 548 g/mol. The molecule has 3 heterocycles. The first-order valence-corrected chi connectivity index (χ1v) is 11.7. The van der Waals surface area contributed by atoms with Crippen LogP contribution in [0.25, 0.3) is 17.0 Å². The Morgan fingerprint density at radius 1 is 1.15 bits per heavy atom. The van der Waals surface area contributed by atoms with Crippen LogP contribution in [0.3, 0.4) is 0 Å². The van der Waals surface area contributed by atoms with Gasteiger partial charge in [0, 0.05) is 36.6 Å². The summed E-state index contributed by atoms with van der Waals surface area (Å²) in [7, 11) is 4.68. The van der Waals surface area contributed by atoms with Crippen molar-refractivity contribution >= 4 is 17.2 Å². The first kappa shape index (κ1) is 27.9. The van der Waals surface area contributed by atoms with Gasteiger partial charge in [-0.25, -0.2) is 15.0 Å². The Morgan fingerprint density at radius 3 is 2.44 bits per heavy atom. The number of nitrogens with two attached hydrogens (primary N) is 1. The Kier molecular flexibility index (Phi) is 7.79. The molecule has 11 nitrogen and oxygen atoms in total. The number of hydrogen-bond donors (Lipinski definition) is 3. The lowest BCUT2D eigenvalue weighted by Gasteiger charge is -2.28. The minimum absolute atomic E-state index is 0.0757. The maximum absolute atomic E-state index is 12.6. The highest BCUT2D eigenvalue weighted by Crippen LogP contribution is 2.31. The number of methoxy groups -OCH3 is 2. The summed E-state index contributed by atoms with van der Waals surface area (Å²) in [5, 5.41) is 24.9. The normalized spacial score (nSPS) is 16.5. The van der Waals surface area contributed by atoms with E-state index in [-0.39, 0.29) is 18.1 Å². The Hall–Kier alpha value is -4.17. The van der Waals surface area contributed by atoms with Crippen LogP contribution in [0.2, 0.25) is 0 Å². The van der Waals surface area contributed by atoms with Gasteiger partial charge in [0.2, 0.25) is 0 Å². The summed E-state index contributed by atoms with van der Waals surface area (Å²) < 4.78 is 49.8. The van der Waals surface area contributed by atoms with Crippen LogP contribution in [-0.2, 0) is 6.54 Å². The highest BCUT2D eigenvalue weighted by atomic mass is 19.4. The Labute approximate surface area is 222 Å². The molecule has 4 rings (SSSR count). The second kappa shape index (κ2) is 10.9. The fraction of sp³-hybridized carbons (Fsp3) is 0.360. The van der Waals surface area contributed by atoms with Gasteiger partial charge >= 0.3 is 6.18 Å². The lowest BCUT2D eigenvalue weighted by atomic mass is 10.1. The molecule has 2 aromatic heterocycles. The molecule has 14 heteroatoms. The number of rotatable bonds is 8. The average Bonchev–Trinajstić information content (AvgIpc) is 3.23. The highest BCUT2D eigenvalue weighted by molar-refractivity contribution is 6.07. The lowest BCUT2D eigenvalue weighted by Crippen LogP contribution is -2.38. The number of ether oxygens (including phenoxy) is 2. The van der Waals surface area contributed by atoms with Crippen LogP contribution >= 0.6 is 0 Å². The smallest absolute Gasteiger partial charge is 0.391 e. The molecule has 208 valence electrons. The molecule has 39 heavy (non-hydrogen) atoms. The van der Waals surface area contributed by atoms with Crippen molar-refractivity contribution < 1.29 is 32.9 Å². The van der Waals surface area contributed by atoms with Gasteiger partial charge in [-0.15, -0.1) is 0 Å². The third-order valence-corrected chi connectivity index (χ3v) is 5.97. The van der Waals surface area contributed by atoms with E-state index in [1.165, 1.54) is 36.2 Å². The number of benzene rings is 1. The molecular formula is C25H28F3N7O4. The maximum atomic E-state index is 12.6. The van der Waals surface area contributed by atoms with E-state index in [2.05, 4.69) is 20.1 Å². The van der Waals surface area contributed by atoms with E-state index in [0.717, 1.165) is 0 Å². The zero-order valence-corrected chi connectivity index (χ0v) is 21.6. The molecule has 0 saturated heterocycles. The molecule has 0 saturated carbocycles. The minimum Gasteiger partial charge on any atom is -0.497 e. The van der Waals surface area contributed by atoms with E-state index in [0.29, 0.717) is 45.4 Å². The summed E-state index contributed by atoms with van der Waals surface area (Å²) in [5.41, 5.74) is 8.85. The molecular weight excluding hydrogens is 519 g/mol. The number of aryl methyl sites for hydroxylation is 1. The second-order valence-electron chi connectivity index (χ2n) is 8.96. The Bertz CT molecular complexity index is 1400. The standard InChI is InChI=1S/C25H28F3N7O4/c1-13-18(11-35(33-13)10-15(36)8-25(26,27)28)19-9-30-23(29)22(31-19)20-12-34(2)24(37)21(32-20)14-5-16(38-3)7-17(6-14)39-4/h5-7,9,11-12,15,24,36-37H,8,10H2,1-4H3,(H2,29,30)/t15-,24?/m0/s1. The Morgan fingerprint density at radius 2 is 1.82 bits per heavy atom. The number of aliphatic hydroxyl groups excluding tert-OH is 2. The fourth-order valence-electron chi connectivity index (χ4n) is 4.08. The van der Waals surface area contributed by atoms with Crippen molar-refractivity contribution in [3.8, 4) is 22.8 Å². The van der Waals surface area contributed by atoms with Gasteiger partial charge < -0.3 is 30.3 Å². The second-order valence-corrected chi connectivity index (χ2v) is 8.96. The summed E-state index contributed by atoms with van der Waals surface area (Å²) in [6, 6.07) is 5.10. The first-order chi connectivity index (χ1) is 18.4. The van der Waals surface area contributed by atoms with Gasteiger partial charge in [-0.1, -0.05) is 0 Å². The molecule has 2 atom stereocenters. The quantitative estimate of drug-likeness (QED) is 0.388. The van der Waals surface area contributed by atoms with Crippen molar-refractivity contribution in [2.45, 2.75) is 38.4 Å². The third kappa shape index (κ3) is 6.29. The number of aliphatic hydroxyl groups is 2. The lowest BCUT2D eigenvalue weighted by molar-refractivity contribution is -0.154. The van der Waals surface area contributed by atoms with Gasteiger partial charge in [-0.05, 0) is 19.1 Å². The van der Waals surface area contributed by atoms with Crippen molar-refractivity contribution in [2.75, 3.05) is 27.0 Å². The topological polar surface area (TPSA) is 144 Å². The van der Waals surface area contributed by atoms with E-state index < -0.39 is 24.9 Å². The molecule has 4 N–H and O–H groups in total. The van der Waals surface area contributed by atoms with Crippen molar-refractivity contribution in [3.63, 3.8) is 0 Å². The zero-order chi connectivity index (χ0) is 28.5. The van der Waals surface area contributed by atoms with Crippen molar-refractivity contribution in [2.24, 2.45) is 4.99 Å². The first-order valence-electron chi connectivity index (χ1n) is 11.7. The zero-order valence-electron chi connectivity index (χ0n) is 21.6. The fourth-order valence-corrected chi connectivity index (χ4v) is 4.08. The number of aliphatic imine (C=N–C) groups is 1. The van der Waals surface area contributed by atoms with Crippen LogP contribution < -0.4 is 15.2 Å². The summed E-state index contributed by atoms with van der Waals surface area (Å²) >= 11 is 0. The molecule has 0 aliphatic carbocycles. The monoisotopic (exact) mass is 547 g/mol. The number of alkyl halides is 3. The maximum Gasteiger partial charge on any atom is 0.391 e. The van der Waals surface area contributed by atoms with E-state index in [4.69, 9.17) is 15.2 Å². The number of likely N-dealkylation sites (N-methyl/N-ethyl adjacent to an activating group) is 1. The summed E-state index contributed by atoms with van der Waals surface area (Å²) in [6.45, 7) is 1.32. The molecule has 0 amide bonds. The Balaban J connectivity index is 1.70. The molecule has 1 unspecified atom stereocenters. The SMILES string of the molecule is COc1cc(OC)cc(C2=NC(c3nc(-c4cn(C[C@@H](O)CC(F)(F)F)nc4C)cnc3N)=CN(C)C2O)c1. The molecule has 3 aromatic rings. The molecule has 0 spiro atoms. The molecule has 1 aromatic carbocycles. The predicted molar refractivity (Wildman–Crippen MR) is 137 cm³/mol. The van der Waals surface area contributed by atoms with E-state index in [9.17, 15) is 23.4 Å².